The van der Waals surface area contributed by atoms with Gasteiger partial charge in [-0.15, -0.1) is 11.3 Å². The number of nitrogens with zero attached hydrogens (tertiary/aromatic N) is 2. The third kappa shape index (κ3) is 4.98. The van der Waals surface area contributed by atoms with Gasteiger partial charge < -0.3 is 14.6 Å². The molecule has 0 fully saturated rings. The fourth-order valence-electron chi connectivity index (χ4n) is 2.96. The van der Waals surface area contributed by atoms with Crippen molar-refractivity contribution in [3.8, 4) is 0 Å². The highest BCUT2D eigenvalue weighted by atomic mass is 32.1. The van der Waals surface area contributed by atoms with Crippen LogP contribution in [0.5, 0.6) is 0 Å². The van der Waals surface area contributed by atoms with Gasteiger partial charge in [-0.05, 0) is 37.6 Å². The van der Waals surface area contributed by atoms with Crippen molar-refractivity contribution in [1.82, 2.24) is 9.55 Å². The molecule has 0 unspecified atom stereocenters. The molecule has 0 radical (unpaired) electrons. The lowest BCUT2D eigenvalue weighted by Gasteiger charge is -2.10. The molecule has 0 aliphatic rings. The van der Waals surface area contributed by atoms with Gasteiger partial charge in [-0.25, -0.2) is 14.2 Å². The molecular weight excluding hydrogens is 409 g/mol. The summed E-state index contributed by atoms with van der Waals surface area (Å²) in [6, 6.07) is 7.92. The summed E-state index contributed by atoms with van der Waals surface area (Å²) < 4.78 is 20.1. The number of aryl methyl sites for hydroxylation is 1. The Kier molecular flexibility index (Phi) is 6.41. The van der Waals surface area contributed by atoms with Crippen LogP contribution in [0, 0.1) is 19.7 Å². The zero-order chi connectivity index (χ0) is 21.8. The Labute approximate surface area is 176 Å². The second-order valence-corrected chi connectivity index (χ2v) is 7.57. The molecule has 0 atom stereocenters. The van der Waals surface area contributed by atoms with E-state index in [-0.39, 0.29) is 28.3 Å². The van der Waals surface area contributed by atoms with Gasteiger partial charge in [0.25, 0.3) is 0 Å². The highest BCUT2D eigenvalue weighted by molar-refractivity contribution is 7.14. The number of rotatable bonds is 7. The summed E-state index contributed by atoms with van der Waals surface area (Å²) >= 11 is 1.09. The van der Waals surface area contributed by atoms with E-state index in [1.165, 1.54) is 24.4 Å². The van der Waals surface area contributed by atoms with Crippen molar-refractivity contribution in [3.63, 3.8) is 0 Å². The van der Waals surface area contributed by atoms with Crippen LogP contribution >= 0.6 is 11.3 Å². The Morgan fingerprint density at radius 2 is 1.90 bits per heavy atom. The molecule has 2 heterocycles. The zero-order valence-corrected chi connectivity index (χ0v) is 17.5. The van der Waals surface area contributed by atoms with E-state index in [1.807, 2.05) is 18.4 Å². The molecule has 2 aromatic heterocycles. The maximum atomic E-state index is 13.1. The monoisotopic (exact) mass is 429 g/mol. The number of carbonyl (C=O) groups is 3. The van der Waals surface area contributed by atoms with E-state index in [0.29, 0.717) is 12.1 Å². The summed E-state index contributed by atoms with van der Waals surface area (Å²) in [6.07, 6.45) is 0. The summed E-state index contributed by atoms with van der Waals surface area (Å²) in [7, 11) is 0. The third-order valence-electron chi connectivity index (χ3n) is 4.46. The normalized spacial score (nSPS) is 10.7. The fraction of sp³-hybridized carbons (Fsp3) is 0.238. The first kappa shape index (κ1) is 21.4. The van der Waals surface area contributed by atoms with Crippen LogP contribution in [0.4, 0.5) is 9.52 Å². The standard InChI is InChI=1S/C21H20FN3O4S/c1-12-8-17(13(2)25(12)9-15-4-6-16(22)7-5-15)19(27)10-29-20(28)18-11-30-21(24-18)23-14(3)26/h4-8,11H,9-10H2,1-3H3,(H,23,24,26). The quantitative estimate of drug-likeness (QED) is 0.456. The van der Waals surface area contributed by atoms with Crippen LogP contribution in [0.2, 0.25) is 0 Å². The molecule has 0 aliphatic heterocycles. The molecule has 7 nitrogen and oxygen atoms in total. The molecule has 0 saturated heterocycles. The predicted octanol–water partition coefficient (Wildman–Crippen LogP) is 3.75. The summed E-state index contributed by atoms with van der Waals surface area (Å²) in [5.74, 6) is -1.67. The minimum atomic E-state index is -0.740. The molecule has 0 aliphatic carbocycles. The number of ether oxygens (including phenoxy) is 1. The van der Waals surface area contributed by atoms with Crippen LogP contribution < -0.4 is 5.32 Å². The van der Waals surface area contributed by atoms with Gasteiger partial charge in [-0.3, -0.25) is 9.59 Å². The van der Waals surface area contributed by atoms with E-state index in [9.17, 15) is 18.8 Å². The maximum absolute atomic E-state index is 13.1. The van der Waals surface area contributed by atoms with Crippen LogP contribution in [0.3, 0.4) is 0 Å². The molecule has 1 N–H and O–H groups in total. The Hall–Kier alpha value is -3.33. The Morgan fingerprint density at radius 3 is 2.57 bits per heavy atom. The molecule has 3 rings (SSSR count). The Balaban J connectivity index is 1.65. The van der Waals surface area contributed by atoms with Crippen molar-refractivity contribution < 1.29 is 23.5 Å². The second-order valence-electron chi connectivity index (χ2n) is 6.72. The van der Waals surface area contributed by atoms with Crippen LogP contribution in [0.15, 0.2) is 35.7 Å². The van der Waals surface area contributed by atoms with Crippen molar-refractivity contribution in [2.75, 3.05) is 11.9 Å². The van der Waals surface area contributed by atoms with E-state index >= 15 is 0 Å². The number of benzene rings is 1. The highest BCUT2D eigenvalue weighted by Gasteiger charge is 2.19. The smallest absolute Gasteiger partial charge is 0.358 e. The van der Waals surface area contributed by atoms with E-state index in [2.05, 4.69) is 10.3 Å². The van der Waals surface area contributed by atoms with Crippen molar-refractivity contribution >= 4 is 34.1 Å². The first-order valence-electron chi connectivity index (χ1n) is 9.09. The first-order chi connectivity index (χ1) is 14.2. The highest BCUT2D eigenvalue weighted by Crippen LogP contribution is 2.19. The number of nitrogens with one attached hydrogen (secondary N) is 1. The molecule has 9 heteroatoms. The van der Waals surface area contributed by atoms with E-state index in [0.717, 1.165) is 28.3 Å². The number of esters is 1. The first-order valence-corrected chi connectivity index (χ1v) is 9.97. The lowest BCUT2D eigenvalue weighted by Crippen LogP contribution is -2.15. The maximum Gasteiger partial charge on any atom is 0.358 e. The number of amides is 1. The zero-order valence-electron chi connectivity index (χ0n) is 16.7. The molecule has 30 heavy (non-hydrogen) atoms. The number of carbonyl (C=O) groups excluding carboxylic acids is 3. The number of halogens is 1. The van der Waals surface area contributed by atoms with Crippen molar-refractivity contribution in [2.45, 2.75) is 27.3 Å². The summed E-state index contributed by atoms with van der Waals surface area (Å²) in [4.78, 5) is 39.7. The van der Waals surface area contributed by atoms with Crippen LogP contribution in [0.1, 0.15) is 44.7 Å². The average molecular weight is 429 g/mol. The van der Waals surface area contributed by atoms with Gasteiger partial charge in [0.05, 0.1) is 0 Å². The molecular formula is C21H20FN3O4S. The molecule has 3 aromatic rings. The summed E-state index contributed by atoms with van der Waals surface area (Å²) in [5, 5.41) is 4.21. The van der Waals surface area contributed by atoms with Gasteiger partial charge in [0.15, 0.2) is 17.4 Å². The average Bonchev–Trinajstić information content (AvgIpc) is 3.26. The Bertz CT molecular complexity index is 1100. The van der Waals surface area contributed by atoms with E-state index < -0.39 is 12.6 Å². The molecule has 0 bridgehead atoms. The molecule has 0 spiro atoms. The van der Waals surface area contributed by atoms with Crippen LogP contribution in [0.25, 0.3) is 0 Å². The number of thiazole rings is 1. The summed E-state index contributed by atoms with van der Waals surface area (Å²) in [5.41, 5.74) is 2.99. The second kappa shape index (κ2) is 9.00. The SMILES string of the molecule is CC(=O)Nc1nc(C(=O)OCC(=O)c2cc(C)n(Cc3ccc(F)cc3)c2C)cs1. The van der Waals surface area contributed by atoms with Gasteiger partial charge in [-0.1, -0.05) is 12.1 Å². The van der Waals surface area contributed by atoms with Gasteiger partial charge >= 0.3 is 5.97 Å². The van der Waals surface area contributed by atoms with Crippen LogP contribution in [-0.2, 0) is 16.1 Å². The van der Waals surface area contributed by atoms with Crippen molar-refractivity contribution in [2.24, 2.45) is 0 Å². The van der Waals surface area contributed by atoms with E-state index in [4.69, 9.17) is 4.74 Å². The lowest BCUT2D eigenvalue weighted by atomic mass is 10.1. The third-order valence-corrected chi connectivity index (χ3v) is 5.22. The van der Waals surface area contributed by atoms with Crippen LogP contribution in [-0.4, -0.2) is 33.8 Å². The van der Waals surface area contributed by atoms with Gasteiger partial charge in [0.2, 0.25) is 11.7 Å². The largest absolute Gasteiger partial charge is 0.453 e. The minimum absolute atomic E-state index is 0.0262. The van der Waals surface area contributed by atoms with E-state index in [1.54, 1.807) is 18.2 Å². The molecule has 156 valence electrons. The topological polar surface area (TPSA) is 90.3 Å². The predicted molar refractivity (Wildman–Crippen MR) is 110 cm³/mol. The van der Waals surface area contributed by atoms with Gasteiger partial charge in [0, 0.05) is 35.8 Å². The molecule has 1 amide bonds. The number of hydrogen-bond acceptors (Lipinski definition) is 6. The Morgan fingerprint density at radius 1 is 1.20 bits per heavy atom. The van der Waals surface area contributed by atoms with Crippen molar-refractivity contribution in [1.29, 1.82) is 0 Å². The number of ketones is 1. The minimum Gasteiger partial charge on any atom is -0.453 e. The van der Waals surface area contributed by atoms with Crippen molar-refractivity contribution in [3.05, 3.63) is 69.7 Å². The fourth-order valence-corrected chi connectivity index (χ4v) is 3.68. The lowest BCUT2D eigenvalue weighted by molar-refractivity contribution is -0.114. The number of anilines is 1. The number of Topliss-reactive ketones (excluding diaryl/α,β-unsaturated/α-hetero) is 1. The number of hydrogen-bond donors (Lipinski definition) is 1. The molecule has 1 aromatic carbocycles. The summed E-state index contributed by atoms with van der Waals surface area (Å²) in [6.45, 7) is 5.09. The molecule has 0 saturated carbocycles. The number of aromatic nitrogens is 2. The van der Waals surface area contributed by atoms with Gasteiger partial charge in [-0.2, -0.15) is 0 Å². The van der Waals surface area contributed by atoms with Gasteiger partial charge in [0.1, 0.15) is 5.82 Å².